The summed E-state index contributed by atoms with van der Waals surface area (Å²) in [6, 6.07) is 14.3. The first kappa shape index (κ1) is 26.8. The van der Waals surface area contributed by atoms with Crippen LogP contribution in [0.15, 0.2) is 67.2 Å². The third-order valence-electron chi connectivity index (χ3n) is 5.74. The van der Waals surface area contributed by atoms with Crippen molar-refractivity contribution in [2.45, 2.75) is 45.7 Å². The minimum Gasteiger partial charge on any atom is -0.457 e. The molecule has 0 aromatic heterocycles. The SMILES string of the molecule is C=C(NCc1cc(Oc2ccc(NC(C)(C)C(C)=O)cc2)ccc1F)c1ccc(C(C)(F)F)cc1F. The zero-order valence-electron chi connectivity index (χ0n) is 20.5. The van der Waals surface area contributed by atoms with E-state index in [1.807, 2.05) is 0 Å². The van der Waals surface area contributed by atoms with E-state index in [0.29, 0.717) is 18.4 Å². The van der Waals surface area contributed by atoms with Crippen LogP contribution in [-0.4, -0.2) is 11.3 Å². The Labute approximate surface area is 208 Å². The van der Waals surface area contributed by atoms with E-state index in [2.05, 4.69) is 17.2 Å². The third kappa shape index (κ3) is 6.65. The van der Waals surface area contributed by atoms with Crippen LogP contribution in [0.2, 0.25) is 0 Å². The number of alkyl halides is 2. The van der Waals surface area contributed by atoms with Crippen molar-refractivity contribution in [1.29, 1.82) is 0 Å². The summed E-state index contributed by atoms with van der Waals surface area (Å²) in [5, 5.41) is 5.98. The van der Waals surface area contributed by atoms with Crippen LogP contribution < -0.4 is 15.4 Å². The molecule has 2 N–H and O–H groups in total. The maximum atomic E-state index is 14.4. The van der Waals surface area contributed by atoms with Gasteiger partial charge in [-0.3, -0.25) is 4.79 Å². The average molecular weight is 501 g/mol. The van der Waals surface area contributed by atoms with Crippen molar-refractivity contribution in [3.63, 3.8) is 0 Å². The van der Waals surface area contributed by atoms with Crippen molar-refractivity contribution in [2.75, 3.05) is 5.32 Å². The Morgan fingerprint density at radius 2 is 1.56 bits per heavy atom. The van der Waals surface area contributed by atoms with Gasteiger partial charge >= 0.3 is 0 Å². The van der Waals surface area contributed by atoms with Gasteiger partial charge in [0.05, 0.1) is 5.54 Å². The van der Waals surface area contributed by atoms with E-state index in [4.69, 9.17) is 4.74 Å². The van der Waals surface area contributed by atoms with E-state index in [1.165, 1.54) is 31.2 Å². The lowest BCUT2D eigenvalue weighted by molar-refractivity contribution is -0.120. The molecule has 0 unspecified atom stereocenters. The lowest BCUT2D eigenvalue weighted by Crippen LogP contribution is -2.38. The second kappa shape index (κ2) is 10.4. The van der Waals surface area contributed by atoms with Crippen LogP contribution in [0.25, 0.3) is 5.70 Å². The zero-order valence-corrected chi connectivity index (χ0v) is 20.5. The van der Waals surface area contributed by atoms with Gasteiger partial charge in [0.25, 0.3) is 5.92 Å². The second-order valence-electron chi connectivity index (χ2n) is 9.10. The van der Waals surface area contributed by atoms with Crippen molar-refractivity contribution >= 4 is 17.2 Å². The topological polar surface area (TPSA) is 50.4 Å². The molecule has 8 heteroatoms. The first-order valence-electron chi connectivity index (χ1n) is 11.2. The van der Waals surface area contributed by atoms with Crippen molar-refractivity contribution in [3.05, 3.63) is 95.6 Å². The van der Waals surface area contributed by atoms with Crippen LogP contribution >= 0.6 is 0 Å². The summed E-state index contributed by atoms with van der Waals surface area (Å²) in [7, 11) is 0. The molecule has 0 spiro atoms. The van der Waals surface area contributed by atoms with E-state index in [0.717, 1.165) is 17.8 Å². The van der Waals surface area contributed by atoms with E-state index < -0.39 is 28.7 Å². The molecule has 3 rings (SSSR count). The van der Waals surface area contributed by atoms with E-state index in [-0.39, 0.29) is 29.2 Å². The van der Waals surface area contributed by atoms with Gasteiger partial charge in [-0.2, -0.15) is 0 Å². The van der Waals surface area contributed by atoms with Crippen molar-refractivity contribution in [1.82, 2.24) is 5.32 Å². The molecule has 190 valence electrons. The predicted octanol–water partition coefficient (Wildman–Crippen LogP) is 7.41. The summed E-state index contributed by atoms with van der Waals surface area (Å²) in [6.45, 7) is 9.48. The number of Topliss-reactive ketones (excluding diaryl/α,β-unsaturated/α-hetero) is 1. The Bertz CT molecular complexity index is 1270. The van der Waals surface area contributed by atoms with Gasteiger partial charge in [-0.15, -0.1) is 0 Å². The van der Waals surface area contributed by atoms with Crippen LogP contribution in [0.4, 0.5) is 23.2 Å². The molecule has 0 aliphatic carbocycles. The smallest absolute Gasteiger partial charge is 0.270 e. The molecule has 0 saturated heterocycles. The first-order valence-corrected chi connectivity index (χ1v) is 11.2. The summed E-state index contributed by atoms with van der Waals surface area (Å²) in [6.07, 6.45) is 0. The predicted molar refractivity (Wildman–Crippen MR) is 133 cm³/mol. The molecule has 0 radical (unpaired) electrons. The van der Waals surface area contributed by atoms with Gasteiger partial charge < -0.3 is 15.4 Å². The number of rotatable bonds is 10. The number of benzene rings is 3. The van der Waals surface area contributed by atoms with Gasteiger partial charge in [-0.1, -0.05) is 12.6 Å². The molecule has 3 aromatic rings. The molecule has 0 heterocycles. The number of carbonyl (C=O) groups excluding carboxylic acids is 1. The number of carbonyl (C=O) groups is 1. The molecule has 0 amide bonds. The summed E-state index contributed by atoms with van der Waals surface area (Å²) in [4.78, 5) is 11.7. The monoisotopic (exact) mass is 500 g/mol. The van der Waals surface area contributed by atoms with Crippen LogP contribution in [0.5, 0.6) is 11.5 Å². The Kier molecular flexibility index (Phi) is 7.77. The maximum absolute atomic E-state index is 14.4. The second-order valence-corrected chi connectivity index (χ2v) is 9.10. The highest BCUT2D eigenvalue weighted by Crippen LogP contribution is 2.30. The zero-order chi connectivity index (χ0) is 26.7. The number of nitrogens with one attached hydrogen (secondary N) is 2. The molecular formula is C28H28F4N2O2. The van der Waals surface area contributed by atoms with Crippen molar-refractivity contribution in [2.24, 2.45) is 0 Å². The fraction of sp³-hybridized carbons (Fsp3) is 0.250. The number of hydrogen-bond donors (Lipinski definition) is 2. The van der Waals surface area contributed by atoms with E-state index in [1.54, 1.807) is 38.1 Å². The number of hydrogen-bond acceptors (Lipinski definition) is 4. The number of halogens is 4. The Balaban J connectivity index is 1.66. The van der Waals surface area contributed by atoms with Crippen molar-refractivity contribution in [3.8, 4) is 11.5 Å². The van der Waals surface area contributed by atoms with Crippen LogP contribution in [0.1, 0.15) is 44.4 Å². The minimum absolute atomic E-state index is 0.000203. The van der Waals surface area contributed by atoms with Gasteiger partial charge in [-0.05, 0) is 75.4 Å². The fourth-order valence-corrected chi connectivity index (χ4v) is 3.27. The Hall–Kier alpha value is -3.81. The molecule has 3 aromatic carbocycles. The first-order chi connectivity index (χ1) is 16.8. The Morgan fingerprint density at radius 3 is 2.14 bits per heavy atom. The van der Waals surface area contributed by atoms with Gasteiger partial charge in [0.15, 0.2) is 5.78 Å². The summed E-state index contributed by atoms with van der Waals surface area (Å²) < 4.78 is 61.4. The highest BCUT2D eigenvalue weighted by atomic mass is 19.3. The summed E-state index contributed by atoms with van der Waals surface area (Å²) in [5.41, 5.74) is -0.0330. The highest BCUT2D eigenvalue weighted by molar-refractivity contribution is 5.88. The normalized spacial score (nSPS) is 11.7. The van der Waals surface area contributed by atoms with E-state index >= 15 is 0 Å². The van der Waals surface area contributed by atoms with Crippen LogP contribution in [0.3, 0.4) is 0 Å². The molecule has 0 aliphatic rings. The lowest BCUT2D eigenvalue weighted by atomic mass is 10.00. The number of anilines is 1. The molecular weight excluding hydrogens is 472 g/mol. The van der Waals surface area contributed by atoms with Crippen LogP contribution in [0, 0.1) is 11.6 Å². The largest absolute Gasteiger partial charge is 0.457 e. The van der Waals surface area contributed by atoms with Gasteiger partial charge in [0, 0.05) is 41.5 Å². The number of ketones is 1. The third-order valence-corrected chi connectivity index (χ3v) is 5.74. The molecule has 0 aliphatic heterocycles. The Morgan fingerprint density at radius 1 is 0.917 bits per heavy atom. The standard InChI is InChI=1S/C28H28F4N2O2/c1-17(24-12-6-20(15-26(24)30)28(5,31)32)33-16-19-14-23(11-13-25(19)29)36-22-9-7-21(8-10-22)34-27(3,4)18(2)35/h6-15,33-34H,1,16H2,2-5H3. The average Bonchev–Trinajstić information content (AvgIpc) is 2.79. The lowest BCUT2D eigenvalue weighted by Gasteiger charge is -2.24. The molecule has 0 bridgehead atoms. The molecule has 0 fully saturated rings. The highest BCUT2D eigenvalue weighted by Gasteiger charge is 2.25. The quantitative estimate of drug-likeness (QED) is 0.285. The molecule has 0 atom stereocenters. The minimum atomic E-state index is -3.17. The molecule has 4 nitrogen and oxygen atoms in total. The van der Waals surface area contributed by atoms with Crippen molar-refractivity contribution < 1.29 is 27.1 Å². The molecule has 36 heavy (non-hydrogen) atoms. The maximum Gasteiger partial charge on any atom is 0.270 e. The summed E-state index contributed by atoms with van der Waals surface area (Å²) >= 11 is 0. The number of ether oxygens (including phenoxy) is 1. The fourth-order valence-electron chi connectivity index (χ4n) is 3.27. The van der Waals surface area contributed by atoms with Gasteiger partial charge in [0.2, 0.25) is 0 Å². The van der Waals surface area contributed by atoms with Gasteiger partial charge in [0.1, 0.15) is 23.1 Å². The van der Waals surface area contributed by atoms with Crippen LogP contribution in [-0.2, 0) is 17.3 Å². The van der Waals surface area contributed by atoms with Gasteiger partial charge in [-0.25, -0.2) is 17.6 Å². The van der Waals surface area contributed by atoms with E-state index in [9.17, 15) is 22.4 Å². The summed E-state index contributed by atoms with van der Waals surface area (Å²) in [5.74, 6) is -3.64. The molecule has 0 saturated carbocycles.